The molecule has 1 heterocycles. The van der Waals surface area contributed by atoms with Gasteiger partial charge in [-0.1, -0.05) is 12.1 Å². The molecule has 9 nitrogen and oxygen atoms in total. The van der Waals surface area contributed by atoms with Crippen LogP contribution in [0.1, 0.15) is 24.2 Å². The number of rotatable bonds is 8. The largest absolute Gasteiger partial charge is 0.494 e. The van der Waals surface area contributed by atoms with E-state index in [1.165, 1.54) is 6.92 Å². The summed E-state index contributed by atoms with van der Waals surface area (Å²) in [5.74, 6) is -0.174. The van der Waals surface area contributed by atoms with Crippen molar-refractivity contribution in [1.29, 1.82) is 0 Å². The van der Waals surface area contributed by atoms with Gasteiger partial charge in [-0.3, -0.25) is 13.9 Å². The third-order valence-electron chi connectivity index (χ3n) is 5.20. The molecule has 0 saturated carbocycles. The molecule has 0 unspecified atom stereocenters. The molecule has 1 atom stereocenters. The van der Waals surface area contributed by atoms with Gasteiger partial charge in [0.05, 0.1) is 43.0 Å². The Morgan fingerprint density at radius 1 is 1.12 bits per heavy atom. The molecule has 1 fully saturated rings. The summed E-state index contributed by atoms with van der Waals surface area (Å²) in [6.45, 7) is 5.69. The number of para-hydroxylation sites is 1. The highest BCUT2D eigenvalue weighted by Crippen LogP contribution is 2.25. The molecule has 1 aliphatic rings. The summed E-state index contributed by atoms with van der Waals surface area (Å²) in [6, 6.07) is 12.1. The zero-order valence-corrected chi connectivity index (χ0v) is 19.8. The summed E-state index contributed by atoms with van der Waals surface area (Å²) < 4.78 is 36.9. The fourth-order valence-corrected chi connectivity index (χ4v) is 4.79. The van der Waals surface area contributed by atoms with Crippen molar-refractivity contribution in [2.24, 2.45) is 0 Å². The minimum Gasteiger partial charge on any atom is -0.494 e. The van der Waals surface area contributed by atoms with E-state index in [4.69, 9.17) is 9.47 Å². The third kappa shape index (κ3) is 6.02. The van der Waals surface area contributed by atoms with Gasteiger partial charge in [0.25, 0.3) is 5.91 Å². The van der Waals surface area contributed by atoms with Crippen LogP contribution in [0.3, 0.4) is 0 Å². The first-order valence-electron chi connectivity index (χ1n) is 10.7. The molecule has 1 saturated heterocycles. The maximum atomic E-state index is 13.1. The summed E-state index contributed by atoms with van der Waals surface area (Å²) in [5.41, 5.74) is 0.999. The van der Waals surface area contributed by atoms with Crippen LogP contribution in [0, 0.1) is 0 Å². The molecule has 1 N–H and O–H groups in total. The summed E-state index contributed by atoms with van der Waals surface area (Å²) in [7, 11) is -3.78. The molecule has 10 heteroatoms. The van der Waals surface area contributed by atoms with Crippen LogP contribution in [0.4, 0.5) is 11.4 Å². The minimum atomic E-state index is -3.78. The van der Waals surface area contributed by atoms with Crippen molar-refractivity contribution in [2.75, 3.05) is 48.8 Å². The van der Waals surface area contributed by atoms with E-state index < -0.39 is 22.0 Å². The first kappa shape index (κ1) is 24.5. The zero-order chi connectivity index (χ0) is 24.0. The van der Waals surface area contributed by atoms with Crippen molar-refractivity contribution in [3.05, 3.63) is 54.1 Å². The second-order valence-corrected chi connectivity index (χ2v) is 9.46. The summed E-state index contributed by atoms with van der Waals surface area (Å²) in [5, 5.41) is 2.74. The number of morpholine rings is 1. The Balaban J connectivity index is 1.83. The molecule has 2 aromatic carbocycles. The third-order valence-corrected chi connectivity index (χ3v) is 6.45. The van der Waals surface area contributed by atoms with Crippen LogP contribution < -0.4 is 14.4 Å². The fourth-order valence-electron chi connectivity index (χ4n) is 3.62. The highest BCUT2D eigenvalue weighted by molar-refractivity contribution is 7.92. The Morgan fingerprint density at radius 3 is 2.36 bits per heavy atom. The normalized spacial score (nSPS) is 14.9. The van der Waals surface area contributed by atoms with E-state index in [9.17, 15) is 18.0 Å². The lowest BCUT2D eigenvalue weighted by atomic mass is 10.1. The van der Waals surface area contributed by atoms with Crippen LogP contribution in [0.25, 0.3) is 0 Å². The molecular formula is C23H29N3O6S. The average molecular weight is 476 g/mol. The standard InChI is InChI=1S/C23H29N3O6S/c1-4-32-19-11-9-18(10-12-19)26(33(3,29)30)17(2)22(27)24-21-8-6-5-7-20(21)23(28)25-13-15-31-16-14-25/h5-12,17H,4,13-16H2,1-3H3,(H,24,27)/t17-/m0/s1. The van der Waals surface area contributed by atoms with Crippen molar-refractivity contribution in [1.82, 2.24) is 4.90 Å². The van der Waals surface area contributed by atoms with Crippen LogP contribution in [0.2, 0.25) is 0 Å². The smallest absolute Gasteiger partial charge is 0.256 e. The van der Waals surface area contributed by atoms with Gasteiger partial charge in [0.2, 0.25) is 15.9 Å². The first-order chi connectivity index (χ1) is 15.7. The van der Waals surface area contributed by atoms with Gasteiger partial charge in [-0.15, -0.1) is 0 Å². The van der Waals surface area contributed by atoms with E-state index in [1.807, 2.05) is 6.92 Å². The monoisotopic (exact) mass is 475 g/mol. The van der Waals surface area contributed by atoms with Gasteiger partial charge in [0.1, 0.15) is 11.8 Å². The average Bonchev–Trinajstić information content (AvgIpc) is 2.80. The number of amides is 2. The molecule has 0 bridgehead atoms. The highest BCUT2D eigenvalue weighted by atomic mass is 32.2. The van der Waals surface area contributed by atoms with E-state index in [0.717, 1.165) is 10.6 Å². The van der Waals surface area contributed by atoms with Gasteiger partial charge < -0.3 is 19.7 Å². The molecule has 178 valence electrons. The van der Waals surface area contributed by atoms with Crippen molar-refractivity contribution in [3.63, 3.8) is 0 Å². The zero-order valence-electron chi connectivity index (χ0n) is 19.0. The van der Waals surface area contributed by atoms with E-state index >= 15 is 0 Å². The minimum absolute atomic E-state index is 0.215. The topological polar surface area (TPSA) is 105 Å². The molecule has 0 aromatic heterocycles. The number of carbonyl (C=O) groups is 2. The molecule has 0 radical (unpaired) electrons. The first-order valence-corrected chi connectivity index (χ1v) is 12.6. The molecule has 0 spiro atoms. The van der Waals surface area contributed by atoms with Crippen molar-refractivity contribution in [3.8, 4) is 5.75 Å². The molecular weight excluding hydrogens is 446 g/mol. The van der Waals surface area contributed by atoms with Gasteiger partial charge >= 0.3 is 0 Å². The maximum Gasteiger partial charge on any atom is 0.256 e. The van der Waals surface area contributed by atoms with Gasteiger partial charge in [0.15, 0.2) is 0 Å². The van der Waals surface area contributed by atoms with Gasteiger partial charge in [-0.25, -0.2) is 8.42 Å². The Kier molecular flexibility index (Phi) is 7.93. The molecule has 2 amide bonds. The highest BCUT2D eigenvalue weighted by Gasteiger charge is 2.30. The molecule has 1 aliphatic heterocycles. The van der Waals surface area contributed by atoms with E-state index in [0.29, 0.717) is 55.6 Å². The number of hydrogen-bond donors (Lipinski definition) is 1. The van der Waals surface area contributed by atoms with Gasteiger partial charge in [-0.05, 0) is 50.2 Å². The molecule has 2 aromatic rings. The Labute approximate surface area is 194 Å². The lowest BCUT2D eigenvalue weighted by molar-refractivity contribution is -0.116. The number of nitrogens with one attached hydrogen (secondary N) is 1. The lowest BCUT2D eigenvalue weighted by Crippen LogP contribution is -2.45. The summed E-state index contributed by atoms with van der Waals surface area (Å²) >= 11 is 0. The van der Waals surface area contributed by atoms with Gasteiger partial charge in [0, 0.05) is 13.1 Å². The van der Waals surface area contributed by atoms with E-state index in [2.05, 4.69) is 5.32 Å². The Bertz CT molecular complexity index is 1080. The quantitative estimate of drug-likeness (QED) is 0.628. The van der Waals surface area contributed by atoms with Crippen molar-refractivity contribution in [2.45, 2.75) is 19.9 Å². The number of benzene rings is 2. The number of sulfonamides is 1. The van der Waals surface area contributed by atoms with Crippen molar-refractivity contribution >= 4 is 33.2 Å². The van der Waals surface area contributed by atoms with Crippen LogP contribution in [-0.4, -0.2) is 70.3 Å². The van der Waals surface area contributed by atoms with Crippen LogP contribution in [-0.2, 0) is 19.6 Å². The fraction of sp³-hybridized carbons (Fsp3) is 0.391. The molecule has 0 aliphatic carbocycles. The van der Waals surface area contributed by atoms with Gasteiger partial charge in [-0.2, -0.15) is 0 Å². The molecule has 3 rings (SSSR count). The van der Waals surface area contributed by atoms with E-state index in [1.54, 1.807) is 53.4 Å². The Morgan fingerprint density at radius 2 is 1.76 bits per heavy atom. The van der Waals surface area contributed by atoms with E-state index in [-0.39, 0.29) is 5.91 Å². The van der Waals surface area contributed by atoms with Crippen LogP contribution in [0.5, 0.6) is 5.75 Å². The number of nitrogens with zero attached hydrogens (tertiary/aromatic N) is 2. The number of hydrogen-bond acceptors (Lipinski definition) is 6. The summed E-state index contributed by atoms with van der Waals surface area (Å²) in [6.07, 6.45) is 1.04. The van der Waals surface area contributed by atoms with Crippen LogP contribution >= 0.6 is 0 Å². The second kappa shape index (κ2) is 10.7. The number of anilines is 2. The number of carbonyl (C=O) groups excluding carboxylic acids is 2. The number of ether oxygens (including phenoxy) is 2. The SMILES string of the molecule is CCOc1ccc(N([C@@H](C)C(=O)Nc2ccccc2C(=O)N2CCOCC2)S(C)(=O)=O)cc1. The lowest BCUT2D eigenvalue weighted by Gasteiger charge is -2.29. The second-order valence-electron chi connectivity index (χ2n) is 7.60. The summed E-state index contributed by atoms with van der Waals surface area (Å²) in [4.78, 5) is 27.7. The maximum absolute atomic E-state index is 13.1. The Hall–Kier alpha value is -3.11. The predicted octanol–water partition coefficient (Wildman–Crippen LogP) is 2.35. The predicted molar refractivity (Wildman–Crippen MR) is 126 cm³/mol. The van der Waals surface area contributed by atoms with Crippen LogP contribution in [0.15, 0.2) is 48.5 Å². The molecule has 33 heavy (non-hydrogen) atoms. The van der Waals surface area contributed by atoms with Crippen molar-refractivity contribution < 1.29 is 27.5 Å².